The number of hydrogen-bond acceptors (Lipinski definition) is 4. The van der Waals surface area contributed by atoms with Crippen LogP contribution in [0.5, 0.6) is 0 Å². The fourth-order valence-electron chi connectivity index (χ4n) is 2.42. The minimum Gasteiger partial charge on any atom is -0.351 e. The quantitative estimate of drug-likeness (QED) is 0.631. The number of thioether (sulfide) groups is 1. The van der Waals surface area contributed by atoms with Crippen LogP contribution in [-0.2, 0) is 24.8 Å². The molecule has 0 saturated carbocycles. The van der Waals surface area contributed by atoms with Gasteiger partial charge in [-0.1, -0.05) is 71.9 Å². The Bertz CT molecular complexity index is 882. The zero-order chi connectivity index (χ0) is 18.4. The summed E-state index contributed by atoms with van der Waals surface area (Å²) in [5, 5.41) is 12.7. The van der Waals surface area contributed by atoms with Gasteiger partial charge in [0, 0.05) is 25.0 Å². The van der Waals surface area contributed by atoms with E-state index < -0.39 is 0 Å². The number of benzene rings is 2. The first-order valence-electron chi connectivity index (χ1n) is 8.18. The number of nitrogens with zero attached hydrogens (tertiary/aromatic N) is 3. The summed E-state index contributed by atoms with van der Waals surface area (Å²) in [6.07, 6.45) is 0.712. The van der Waals surface area contributed by atoms with E-state index in [9.17, 15) is 4.79 Å². The lowest BCUT2D eigenvalue weighted by atomic mass is 10.1. The van der Waals surface area contributed by atoms with Crippen molar-refractivity contribution < 1.29 is 4.79 Å². The predicted molar refractivity (Wildman–Crippen MR) is 104 cm³/mol. The van der Waals surface area contributed by atoms with Crippen molar-refractivity contribution >= 4 is 29.3 Å². The van der Waals surface area contributed by atoms with E-state index in [1.807, 2.05) is 54.1 Å². The average Bonchev–Trinajstić information content (AvgIpc) is 3.00. The first-order valence-corrected chi connectivity index (χ1v) is 9.55. The smallest absolute Gasteiger partial charge is 0.230 e. The van der Waals surface area contributed by atoms with Gasteiger partial charge >= 0.3 is 0 Å². The van der Waals surface area contributed by atoms with Gasteiger partial charge in [-0.3, -0.25) is 4.79 Å². The lowest BCUT2D eigenvalue weighted by molar-refractivity contribution is -0.118. The van der Waals surface area contributed by atoms with Gasteiger partial charge in [0.2, 0.25) is 5.91 Å². The lowest BCUT2D eigenvalue weighted by Crippen LogP contribution is -2.24. The molecule has 1 N–H and O–H groups in total. The Balaban J connectivity index is 1.52. The van der Waals surface area contributed by atoms with Crippen molar-refractivity contribution in [1.82, 2.24) is 20.1 Å². The third kappa shape index (κ3) is 4.86. The molecule has 0 fully saturated rings. The molecule has 0 saturated heterocycles. The fourth-order valence-corrected chi connectivity index (χ4v) is 3.38. The Kier molecular flexibility index (Phi) is 6.30. The summed E-state index contributed by atoms with van der Waals surface area (Å²) in [6, 6.07) is 17.6. The predicted octanol–water partition coefficient (Wildman–Crippen LogP) is 3.47. The van der Waals surface area contributed by atoms with Crippen molar-refractivity contribution in [2.24, 2.45) is 7.05 Å². The number of aromatic nitrogens is 3. The van der Waals surface area contributed by atoms with Gasteiger partial charge in [-0.15, -0.1) is 10.2 Å². The van der Waals surface area contributed by atoms with Gasteiger partial charge in [0.25, 0.3) is 0 Å². The Morgan fingerprint density at radius 1 is 1.12 bits per heavy atom. The van der Waals surface area contributed by atoms with Crippen LogP contribution in [0.1, 0.15) is 17.0 Å². The highest BCUT2D eigenvalue weighted by atomic mass is 35.5. The SMILES string of the molecule is Cn1c(Cc2ccccc2)nnc1SCC(=O)NCc1ccccc1Cl. The van der Waals surface area contributed by atoms with E-state index in [1.165, 1.54) is 17.3 Å². The van der Waals surface area contributed by atoms with Crippen molar-refractivity contribution in [2.45, 2.75) is 18.1 Å². The molecule has 0 spiro atoms. The number of hydrogen-bond donors (Lipinski definition) is 1. The van der Waals surface area contributed by atoms with Crippen molar-refractivity contribution in [3.63, 3.8) is 0 Å². The van der Waals surface area contributed by atoms with Gasteiger partial charge in [0.15, 0.2) is 5.16 Å². The van der Waals surface area contributed by atoms with E-state index in [0.717, 1.165) is 16.5 Å². The Labute approximate surface area is 161 Å². The van der Waals surface area contributed by atoms with E-state index in [2.05, 4.69) is 27.6 Å². The molecule has 0 radical (unpaired) electrons. The molecule has 5 nitrogen and oxygen atoms in total. The molecule has 3 rings (SSSR count). The Hall–Kier alpha value is -2.31. The number of halogens is 1. The molecular weight excluding hydrogens is 368 g/mol. The largest absolute Gasteiger partial charge is 0.351 e. The first kappa shape index (κ1) is 18.5. The van der Waals surface area contributed by atoms with E-state index in [4.69, 9.17) is 11.6 Å². The molecule has 2 aromatic carbocycles. The van der Waals surface area contributed by atoms with Crippen molar-refractivity contribution in [3.8, 4) is 0 Å². The minimum absolute atomic E-state index is 0.0671. The topological polar surface area (TPSA) is 59.8 Å². The first-order chi connectivity index (χ1) is 12.6. The molecule has 0 bridgehead atoms. The van der Waals surface area contributed by atoms with Crippen LogP contribution in [0.3, 0.4) is 0 Å². The summed E-state index contributed by atoms with van der Waals surface area (Å²) in [6.45, 7) is 0.414. The van der Waals surface area contributed by atoms with Gasteiger partial charge in [-0.25, -0.2) is 0 Å². The maximum Gasteiger partial charge on any atom is 0.230 e. The van der Waals surface area contributed by atoms with Crippen LogP contribution < -0.4 is 5.32 Å². The summed E-state index contributed by atoms with van der Waals surface area (Å²) in [7, 11) is 1.92. The number of nitrogens with one attached hydrogen (secondary N) is 1. The Morgan fingerprint density at radius 2 is 1.85 bits per heavy atom. The Morgan fingerprint density at radius 3 is 2.62 bits per heavy atom. The van der Waals surface area contributed by atoms with Crippen LogP contribution in [0, 0.1) is 0 Å². The number of carbonyl (C=O) groups is 1. The number of carbonyl (C=O) groups excluding carboxylic acids is 1. The number of amides is 1. The molecule has 1 amide bonds. The summed E-state index contributed by atoms with van der Waals surface area (Å²) < 4.78 is 1.93. The molecule has 0 aliphatic carbocycles. The summed E-state index contributed by atoms with van der Waals surface area (Å²) in [5.74, 6) is 1.08. The van der Waals surface area contributed by atoms with E-state index in [-0.39, 0.29) is 11.7 Å². The average molecular weight is 387 g/mol. The summed E-state index contributed by atoms with van der Waals surface area (Å²) in [4.78, 5) is 12.1. The normalized spacial score (nSPS) is 10.7. The standard InChI is InChI=1S/C19H19ClN4OS/c1-24-17(11-14-7-3-2-4-8-14)22-23-19(24)26-13-18(25)21-12-15-9-5-6-10-16(15)20/h2-10H,11-13H2,1H3,(H,21,25). The molecule has 3 aromatic rings. The second-order valence-corrected chi connectivity index (χ2v) is 7.13. The van der Waals surface area contributed by atoms with Crippen molar-refractivity contribution in [3.05, 3.63) is 76.6 Å². The van der Waals surface area contributed by atoms with Crippen LogP contribution in [-0.4, -0.2) is 26.4 Å². The van der Waals surface area contributed by atoms with Crippen LogP contribution >= 0.6 is 23.4 Å². The molecule has 0 unspecified atom stereocenters. The second kappa shape index (κ2) is 8.87. The van der Waals surface area contributed by atoms with E-state index in [1.54, 1.807) is 0 Å². The van der Waals surface area contributed by atoms with Gasteiger partial charge in [0.1, 0.15) is 5.82 Å². The monoisotopic (exact) mass is 386 g/mol. The third-order valence-corrected chi connectivity index (χ3v) is 5.29. The third-order valence-electron chi connectivity index (χ3n) is 3.90. The molecular formula is C19H19ClN4OS. The van der Waals surface area contributed by atoms with Gasteiger partial charge in [0.05, 0.1) is 5.75 Å². The summed E-state index contributed by atoms with van der Waals surface area (Å²) >= 11 is 7.46. The molecule has 0 atom stereocenters. The maximum absolute atomic E-state index is 12.1. The fraction of sp³-hybridized carbons (Fsp3) is 0.211. The molecule has 0 aliphatic rings. The van der Waals surface area contributed by atoms with Gasteiger partial charge < -0.3 is 9.88 Å². The highest BCUT2D eigenvalue weighted by molar-refractivity contribution is 7.99. The van der Waals surface area contributed by atoms with Crippen LogP contribution in [0.25, 0.3) is 0 Å². The molecule has 7 heteroatoms. The second-order valence-electron chi connectivity index (χ2n) is 5.78. The van der Waals surface area contributed by atoms with Gasteiger partial charge in [-0.2, -0.15) is 0 Å². The highest BCUT2D eigenvalue weighted by Crippen LogP contribution is 2.18. The van der Waals surface area contributed by atoms with E-state index in [0.29, 0.717) is 18.0 Å². The van der Waals surface area contributed by atoms with Gasteiger partial charge in [-0.05, 0) is 17.2 Å². The zero-order valence-electron chi connectivity index (χ0n) is 14.4. The molecule has 26 heavy (non-hydrogen) atoms. The van der Waals surface area contributed by atoms with Crippen LogP contribution in [0.15, 0.2) is 59.8 Å². The highest BCUT2D eigenvalue weighted by Gasteiger charge is 2.12. The van der Waals surface area contributed by atoms with Crippen LogP contribution in [0.4, 0.5) is 0 Å². The molecule has 0 aliphatic heterocycles. The molecule has 134 valence electrons. The van der Waals surface area contributed by atoms with Crippen molar-refractivity contribution in [2.75, 3.05) is 5.75 Å². The van der Waals surface area contributed by atoms with E-state index >= 15 is 0 Å². The summed E-state index contributed by atoms with van der Waals surface area (Å²) in [5.41, 5.74) is 2.08. The number of rotatable bonds is 7. The minimum atomic E-state index is -0.0671. The molecule has 1 heterocycles. The van der Waals surface area contributed by atoms with Crippen molar-refractivity contribution in [1.29, 1.82) is 0 Å². The lowest BCUT2D eigenvalue weighted by Gasteiger charge is -2.07. The molecule has 1 aromatic heterocycles. The van der Waals surface area contributed by atoms with Crippen LogP contribution in [0.2, 0.25) is 5.02 Å². The zero-order valence-corrected chi connectivity index (χ0v) is 15.9. The maximum atomic E-state index is 12.1.